The number of hydrogen-bond donors (Lipinski definition) is 2. The number of thiophene rings is 1. The number of carboxylic acids is 1. The molecule has 14 heavy (non-hydrogen) atoms. The Morgan fingerprint density at radius 1 is 1.64 bits per heavy atom. The first-order chi connectivity index (χ1) is 6.50. The van der Waals surface area contributed by atoms with Gasteiger partial charge in [0.15, 0.2) is 0 Å². The van der Waals surface area contributed by atoms with Gasteiger partial charge >= 0.3 is 5.97 Å². The van der Waals surface area contributed by atoms with E-state index in [1.807, 2.05) is 0 Å². The molecule has 1 atom stereocenters. The lowest BCUT2D eigenvalue weighted by atomic mass is 10.3. The number of carboxylic acid groups (broad SMARTS) is 1. The lowest BCUT2D eigenvalue weighted by Crippen LogP contribution is -2.38. The molecule has 0 spiro atoms. The van der Waals surface area contributed by atoms with Crippen LogP contribution in [0.25, 0.3) is 0 Å². The smallest absolute Gasteiger partial charge is 0.325 e. The summed E-state index contributed by atoms with van der Waals surface area (Å²) in [6.45, 7) is 1.43. The highest BCUT2D eigenvalue weighted by molar-refractivity contribution is 14.1. The van der Waals surface area contributed by atoms with Gasteiger partial charge in [0.1, 0.15) is 6.04 Å². The Morgan fingerprint density at radius 2 is 2.29 bits per heavy atom. The minimum atomic E-state index is -1.04. The predicted molar refractivity (Wildman–Crippen MR) is 61.6 cm³/mol. The first-order valence-electron chi connectivity index (χ1n) is 3.78. The van der Waals surface area contributed by atoms with Crippen molar-refractivity contribution in [2.75, 3.05) is 0 Å². The van der Waals surface area contributed by atoms with E-state index in [-0.39, 0.29) is 5.91 Å². The number of aliphatic carboxylic acids is 1. The summed E-state index contributed by atoms with van der Waals surface area (Å²) in [5, 5.41) is 12.6. The van der Waals surface area contributed by atoms with E-state index in [1.54, 1.807) is 11.4 Å². The minimum Gasteiger partial charge on any atom is -0.480 e. The molecule has 0 bridgehead atoms. The SMILES string of the molecule is C[C@H](NC(=O)c1csc(I)c1)C(=O)O. The zero-order valence-corrected chi connectivity index (χ0v) is 10.3. The van der Waals surface area contributed by atoms with Gasteiger partial charge in [0.25, 0.3) is 5.91 Å². The molecule has 0 aliphatic rings. The van der Waals surface area contributed by atoms with Crippen LogP contribution in [-0.2, 0) is 4.79 Å². The maximum Gasteiger partial charge on any atom is 0.325 e. The summed E-state index contributed by atoms with van der Waals surface area (Å²) < 4.78 is 0.996. The molecule has 0 fully saturated rings. The Morgan fingerprint density at radius 3 is 2.71 bits per heavy atom. The lowest BCUT2D eigenvalue weighted by molar-refractivity contribution is -0.138. The molecule has 0 saturated carbocycles. The van der Waals surface area contributed by atoms with E-state index in [0.29, 0.717) is 5.56 Å². The van der Waals surface area contributed by atoms with Gasteiger partial charge in [-0.15, -0.1) is 11.3 Å². The normalized spacial score (nSPS) is 12.1. The van der Waals surface area contributed by atoms with Crippen molar-refractivity contribution in [2.45, 2.75) is 13.0 Å². The maximum absolute atomic E-state index is 11.4. The summed E-state index contributed by atoms with van der Waals surface area (Å²) in [6.07, 6.45) is 0. The molecule has 0 aliphatic heterocycles. The van der Waals surface area contributed by atoms with E-state index in [1.165, 1.54) is 18.3 Å². The Bertz CT molecular complexity index is 363. The topological polar surface area (TPSA) is 66.4 Å². The highest BCUT2D eigenvalue weighted by Gasteiger charge is 2.15. The maximum atomic E-state index is 11.4. The number of hydrogen-bond acceptors (Lipinski definition) is 3. The van der Waals surface area contributed by atoms with Gasteiger partial charge in [-0.3, -0.25) is 9.59 Å². The van der Waals surface area contributed by atoms with Crippen LogP contribution in [0.5, 0.6) is 0 Å². The van der Waals surface area contributed by atoms with Crippen LogP contribution in [-0.4, -0.2) is 23.0 Å². The molecule has 1 rings (SSSR count). The number of carbonyl (C=O) groups excluding carboxylic acids is 1. The van der Waals surface area contributed by atoms with Crippen molar-refractivity contribution in [1.29, 1.82) is 0 Å². The van der Waals surface area contributed by atoms with Crippen molar-refractivity contribution in [3.05, 3.63) is 19.9 Å². The number of halogens is 1. The lowest BCUT2D eigenvalue weighted by Gasteiger charge is -2.07. The predicted octanol–water partition coefficient (Wildman–Crippen LogP) is 1.56. The van der Waals surface area contributed by atoms with Crippen LogP contribution in [0, 0.1) is 2.88 Å². The van der Waals surface area contributed by atoms with Crippen LogP contribution in [0.2, 0.25) is 0 Å². The van der Waals surface area contributed by atoms with Gasteiger partial charge in [-0.2, -0.15) is 0 Å². The number of amides is 1. The van der Waals surface area contributed by atoms with Crippen molar-refractivity contribution in [2.24, 2.45) is 0 Å². The first-order valence-corrected chi connectivity index (χ1v) is 5.74. The van der Waals surface area contributed by atoms with Gasteiger partial charge < -0.3 is 10.4 Å². The molecule has 1 amide bonds. The third-order valence-corrected chi connectivity index (χ3v) is 3.34. The average Bonchev–Trinajstić information content (AvgIpc) is 2.51. The Balaban J connectivity index is 2.63. The average molecular weight is 325 g/mol. The van der Waals surface area contributed by atoms with Gasteiger partial charge in [0.2, 0.25) is 0 Å². The summed E-state index contributed by atoms with van der Waals surface area (Å²) in [6, 6.07) is 0.856. The summed E-state index contributed by atoms with van der Waals surface area (Å²) in [4.78, 5) is 21.9. The second kappa shape index (κ2) is 4.74. The molecule has 0 aliphatic carbocycles. The van der Waals surface area contributed by atoms with Crippen molar-refractivity contribution < 1.29 is 14.7 Å². The molecule has 1 aromatic rings. The zero-order chi connectivity index (χ0) is 10.7. The van der Waals surface area contributed by atoms with Crippen LogP contribution >= 0.6 is 33.9 Å². The highest BCUT2D eigenvalue weighted by atomic mass is 127. The summed E-state index contributed by atoms with van der Waals surface area (Å²) in [5.41, 5.74) is 0.507. The van der Waals surface area contributed by atoms with E-state index >= 15 is 0 Å². The van der Waals surface area contributed by atoms with Crippen molar-refractivity contribution in [3.63, 3.8) is 0 Å². The van der Waals surface area contributed by atoms with Gasteiger partial charge in [-0.1, -0.05) is 0 Å². The molecular weight excluding hydrogens is 317 g/mol. The van der Waals surface area contributed by atoms with Crippen LogP contribution < -0.4 is 5.32 Å². The van der Waals surface area contributed by atoms with Gasteiger partial charge in [0, 0.05) is 5.38 Å². The second-order valence-corrected chi connectivity index (χ2v) is 5.48. The zero-order valence-electron chi connectivity index (χ0n) is 7.28. The molecular formula is C8H8INO3S. The third-order valence-electron chi connectivity index (χ3n) is 1.55. The van der Waals surface area contributed by atoms with E-state index in [2.05, 4.69) is 27.9 Å². The number of rotatable bonds is 3. The quantitative estimate of drug-likeness (QED) is 0.829. The van der Waals surface area contributed by atoms with E-state index in [9.17, 15) is 9.59 Å². The molecule has 4 nitrogen and oxygen atoms in total. The van der Waals surface area contributed by atoms with E-state index in [4.69, 9.17) is 5.11 Å². The standard InChI is InChI=1S/C8H8INO3S/c1-4(8(12)13)10-7(11)5-2-6(9)14-3-5/h2-4H,1H3,(H,10,11)(H,12,13)/t4-/m0/s1. The fourth-order valence-corrected chi connectivity index (χ4v) is 2.10. The molecule has 0 aromatic carbocycles. The minimum absolute atomic E-state index is 0.348. The molecule has 2 N–H and O–H groups in total. The molecule has 0 saturated heterocycles. The van der Waals surface area contributed by atoms with Crippen LogP contribution in [0.3, 0.4) is 0 Å². The van der Waals surface area contributed by atoms with Crippen LogP contribution in [0.4, 0.5) is 0 Å². The Hall–Kier alpha value is -0.630. The van der Waals surface area contributed by atoms with Crippen molar-refractivity contribution >= 4 is 45.8 Å². The molecule has 6 heteroatoms. The largest absolute Gasteiger partial charge is 0.480 e. The van der Waals surface area contributed by atoms with Gasteiger partial charge in [0.05, 0.1) is 8.45 Å². The highest BCUT2D eigenvalue weighted by Crippen LogP contribution is 2.16. The van der Waals surface area contributed by atoms with Crippen molar-refractivity contribution in [3.8, 4) is 0 Å². The van der Waals surface area contributed by atoms with E-state index in [0.717, 1.165) is 2.88 Å². The second-order valence-electron chi connectivity index (χ2n) is 2.67. The molecule has 0 unspecified atom stereocenters. The van der Waals surface area contributed by atoms with Crippen LogP contribution in [0.1, 0.15) is 17.3 Å². The fraction of sp³-hybridized carbons (Fsp3) is 0.250. The fourth-order valence-electron chi connectivity index (χ4n) is 0.771. The molecule has 1 heterocycles. The number of nitrogens with one attached hydrogen (secondary N) is 1. The molecule has 76 valence electrons. The molecule has 1 aromatic heterocycles. The number of carbonyl (C=O) groups is 2. The Kier molecular flexibility index (Phi) is 3.87. The van der Waals surface area contributed by atoms with Crippen molar-refractivity contribution in [1.82, 2.24) is 5.32 Å². The Labute approximate surface area is 98.5 Å². The third kappa shape index (κ3) is 2.95. The van der Waals surface area contributed by atoms with Crippen LogP contribution in [0.15, 0.2) is 11.4 Å². The molecule has 0 radical (unpaired) electrons. The summed E-state index contributed by atoms with van der Waals surface area (Å²) >= 11 is 3.55. The van der Waals surface area contributed by atoms with Gasteiger partial charge in [-0.05, 0) is 35.6 Å². The summed E-state index contributed by atoms with van der Waals surface area (Å²) in [7, 11) is 0. The van der Waals surface area contributed by atoms with E-state index < -0.39 is 12.0 Å². The summed E-state index contributed by atoms with van der Waals surface area (Å²) in [5.74, 6) is -1.39. The first kappa shape index (κ1) is 11.4. The van der Waals surface area contributed by atoms with Gasteiger partial charge in [-0.25, -0.2) is 0 Å². The monoisotopic (exact) mass is 325 g/mol.